The molecule has 3 nitrogen and oxygen atoms in total. The summed E-state index contributed by atoms with van der Waals surface area (Å²) in [5, 5.41) is 5.66. The van der Waals surface area contributed by atoms with E-state index in [-0.39, 0.29) is 0 Å². The Morgan fingerprint density at radius 3 is 2.06 bits per heavy atom. The zero-order chi connectivity index (χ0) is 22.6. The first-order valence-electron chi connectivity index (χ1n) is 10.4. The highest BCUT2D eigenvalue weighted by atomic mass is 32.9. The van der Waals surface area contributed by atoms with Crippen LogP contribution >= 0.6 is 24.1 Å². The topological polar surface area (TPSA) is 30.5 Å². The van der Waals surface area contributed by atoms with E-state index in [2.05, 4.69) is 35.4 Å². The molecule has 4 aromatic carbocycles. The molecule has 0 spiro atoms. The SMILES string of the molecule is S=P1(S)Oc2ccccc2-c2c(CNP3(=S)Oc4ccccc4-c4ccccc43)cccc21. The number of nitrogens with one attached hydrogen (secondary N) is 1. The van der Waals surface area contributed by atoms with Gasteiger partial charge in [0.25, 0.3) is 0 Å². The molecule has 2 unspecified atom stereocenters. The molecule has 2 aliphatic heterocycles. The zero-order valence-electron chi connectivity index (χ0n) is 17.3. The third-order valence-electron chi connectivity index (χ3n) is 5.91. The Hall–Kier alpha value is -1.91. The fourth-order valence-corrected chi connectivity index (χ4v) is 10.1. The first-order chi connectivity index (χ1) is 16.0. The highest BCUT2D eigenvalue weighted by Crippen LogP contribution is 2.59. The lowest BCUT2D eigenvalue weighted by Gasteiger charge is -2.33. The number of fused-ring (bicyclic) bond motifs is 6. The summed E-state index contributed by atoms with van der Waals surface area (Å²) in [5.41, 5.74) is 2.99. The van der Waals surface area contributed by atoms with E-state index in [1.807, 2.05) is 60.7 Å². The normalized spacial score (nSPS) is 22.1. The number of para-hydroxylation sites is 2. The van der Waals surface area contributed by atoms with Crippen molar-refractivity contribution in [1.29, 1.82) is 0 Å². The van der Waals surface area contributed by atoms with Crippen LogP contribution in [-0.4, -0.2) is 0 Å². The van der Waals surface area contributed by atoms with Crippen LogP contribution in [0.15, 0.2) is 91.0 Å². The van der Waals surface area contributed by atoms with E-state index in [4.69, 9.17) is 44.9 Å². The molecule has 33 heavy (non-hydrogen) atoms. The molecule has 0 aliphatic carbocycles. The molecule has 164 valence electrons. The molecule has 2 atom stereocenters. The Kier molecular flexibility index (Phi) is 5.30. The van der Waals surface area contributed by atoms with E-state index >= 15 is 0 Å². The maximum Gasteiger partial charge on any atom is 0.208 e. The first-order valence-corrected chi connectivity index (χ1v) is 17.0. The molecule has 1 N–H and O–H groups in total. The quantitative estimate of drug-likeness (QED) is 0.240. The second kappa shape index (κ2) is 8.09. The Bertz CT molecular complexity index is 1520. The fourth-order valence-electron chi connectivity index (χ4n) is 4.44. The molecule has 0 amide bonds. The molecule has 0 aromatic heterocycles. The van der Waals surface area contributed by atoms with Crippen molar-refractivity contribution < 1.29 is 9.05 Å². The van der Waals surface area contributed by atoms with Gasteiger partial charge in [0.1, 0.15) is 11.5 Å². The molecule has 6 rings (SSSR count). The summed E-state index contributed by atoms with van der Waals surface area (Å²) in [6.07, 6.45) is -2.54. The fraction of sp³-hybridized carbons (Fsp3) is 0.0400. The minimum Gasteiger partial charge on any atom is -0.453 e. The molecule has 0 radical (unpaired) electrons. The molecule has 4 aromatic rings. The summed E-state index contributed by atoms with van der Waals surface area (Å²) in [5.74, 6) is 1.61. The Balaban J connectivity index is 1.43. The first kappa shape index (κ1) is 21.6. The predicted octanol–water partition coefficient (Wildman–Crippen LogP) is 6.39. The summed E-state index contributed by atoms with van der Waals surface area (Å²) in [4.78, 5) is 0. The van der Waals surface area contributed by atoms with Crippen LogP contribution in [0.3, 0.4) is 0 Å². The van der Waals surface area contributed by atoms with Gasteiger partial charge in [-0.1, -0.05) is 79.0 Å². The van der Waals surface area contributed by atoms with Gasteiger partial charge in [0.2, 0.25) is 6.42 Å². The van der Waals surface area contributed by atoms with Crippen LogP contribution in [0.1, 0.15) is 5.56 Å². The van der Waals surface area contributed by atoms with E-state index in [1.54, 1.807) is 0 Å². The van der Waals surface area contributed by atoms with Gasteiger partial charge in [-0.3, -0.25) is 5.09 Å². The van der Waals surface area contributed by atoms with Crippen molar-refractivity contribution in [2.45, 2.75) is 6.54 Å². The van der Waals surface area contributed by atoms with Crippen molar-refractivity contribution in [2.75, 3.05) is 0 Å². The van der Waals surface area contributed by atoms with Crippen LogP contribution in [0.4, 0.5) is 0 Å². The highest BCUT2D eigenvalue weighted by molar-refractivity contribution is 8.64. The summed E-state index contributed by atoms with van der Waals surface area (Å²) in [6.45, 7) is 0.550. The van der Waals surface area contributed by atoms with Crippen LogP contribution < -0.4 is 24.7 Å². The van der Waals surface area contributed by atoms with E-state index in [9.17, 15) is 0 Å². The summed E-state index contributed by atoms with van der Waals surface area (Å²) < 4.78 is 12.6. The van der Waals surface area contributed by atoms with Gasteiger partial charge in [-0.15, -0.1) is 0 Å². The largest absolute Gasteiger partial charge is 0.453 e. The molecule has 0 saturated heterocycles. The lowest BCUT2D eigenvalue weighted by Crippen LogP contribution is -2.28. The molecule has 0 fully saturated rings. The summed E-state index contributed by atoms with van der Waals surface area (Å²) in [6, 6.07) is 30.5. The second-order valence-electron chi connectivity index (χ2n) is 7.91. The Morgan fingerprint density at radius 1 is 0.667 bits per heavy atom. The van der Waals surface area contributed by atoms with Crippen LogP contribution in [0.2, 0.25) is 0 Å². The average Bonchev–Trinajstić information content (AvgIpc) is 2.83. The number of benzene rings is 4. The standard InChI is InChI=1S/C25H19NO2P2S3/c31-29(23-14-6-3-10-19(23)18-9-1-4-12-21(18)27-29)26-16-17-8-7-15-24-25(17)20-11-2-5-13-22(20)28-30(24,32)33/h1-15H,16H2,(H,26,31)(H,32,33). The van der Waals surface area contributed by atoms with E-state index in [0.29, 0.717) is 6.54 Å². The molecule has 0 saturated carbocycles. The predicted molar refractivity (Wildman–Crippen MR) is 149 cm³/mol. The minimum absolute atomic E-state index is 0.550. The van der Waals surface area contributed by atoms with Gasteiger partial charge in [0, 0.05) is 33.8 Å². The van der Waals surface area contributed by atoms with E-state index in [0.717, 1.165) is 49.9 Å². The van der Waals surface area contributed by atoms with E-state index < -0.39 is 11.9 Å². The molecule has 2 heterocycles. The van der Waals surface area contributed by atoms with Crippen molar-refractivity contribution in [2.24, 2.45) is 0 Å². The van der Waals surface area contributed by atoms with Crippen LogP contribution in [0, 0.1) is 0 Å². The van der Waals surface area contributed by atoms with Crippen LogP contribution in [0.5, 0.6) is 11.5 Å². The van der Waals surface area contributed by atoms with Gasteiger partial charge in [-0.05, 0) is 59.0 Å². The molecule has 0 bridgehead atoms. The van der Waals surface area contributed by atoms with Gasteiger partial charge in [-0.25, -0.2) is 0 Å². The van der Waals surface area contributed by atoms with Crippen molar-refractivity contribution >= 4 is 58.4 Å². The number of thiol groups is 1. The second-order valence-corrected chi connectivity index (χ2v) is 17.3. The Labute approximate surface area is 208 Å². The summed E-state index contributed by atoms with van der Waals surface area (Å²) in [7, 11) is 0. The van der Waals surface area contributed by atoms with Crippen LogP contribution in [0.25, 0.3) is 22.3 Å². The van der Waals surface area contributed by atoms with Crippen molar-refractivity contribution in [3.8, 4) is 33.8 Å². The maximum absolute atomic E-state index is 6.48. The van der Waals surface area contributed by atoms with E-state index in [1.165, 1.54) is 0 Å². The molecular formula is C25H19NO2P2S3. The maximum atomic E-state index is 6.48. The Morgan fingerprint density at radius 2 is 1.27 bits per heavy atom. The number of hydrogen-bond donors (Lipinski definition) is 2. The lowest BCUT2D eigenvalue weighted by molar-refractivity contribution is 0.602. The molecule has 2 aliphatic rings. The lowest BCUT2D eigenvalue weighted by atomic mass is 9.98. The van der Waals surface area contributed by atoms with Crippen molar-refractivity contribution in [3.63, 3.8) is 0 Å². The average molecular weight is 524 g/mol. The van der Waals surface area contributed by atoms with Gasteiger partial charge in [-0.2, -0.15) is 0 Å². The molecular weight excluding hydrogens is 504 g/mol. The monoisotopic (exact) mass is 523 g/mol. The van der Waals surface area contributed by atoms with Gasteiger partial charge >= 0.3 is 0 Å². The highest BCUT2D eigenvalue weighted by Gasteiger charge is 2.34. The molecule has 8 heteroatoms. The van der Waals surface area contributed by atoms with Crippen LogP contribution in [-0.2, 0) is 30.2 Å². The van der Waals surface area contributed by atoms with Crippen molar-refractivity contribution in [1.82, 2.24) is 5.09 Å². The minimum atomic E-state index is -2.54. The van der Waals surface area contributed by atoms with Gasteiger partial charge < -0.3 is 9.05 Å². The number of hydrogen-bond acceptors (Lipinski definition) is 4. The van der Waals surface area contributed by atoms with Gasteiger partial charge in [0.05, 0.1) is 0 Å². The third-order valence-corrected chi connectivity index (χ3v) is 12.3. The smallest absolute Gasteiger partial charge is 0.208 e. The summed E-state index contributed by atoms with van der Waals surface area (Å²) >= 11 is 16.8. The zero-order valence-corrected chi connectivity index (χ0v) is 21.7. The van der Waals surface area contributed by atoms with Gasteiger partial charge in [0.15, 0.2) is 5.47 Å². The number of rotatable bonds is 3. The third kappa shape index (κ3) is 3.61. The van der Waals surface area contributed by atoms with Crippen molar-refractivity contribution in [3.05, 3.63) is 96.6 Å².